The molecule has 6 nitrogen and oxygen atoms in total. The van der Waals surface area contributed by atoms with E-state index < -0.39 is 30.3 Å². The predicted octanol–water partition coefficient (Wildman–Crippen LogP) is 1.77. The molecule has 2 aromatic carbocycles. The Balaban J connectivity index is 1.64. The normalized spacial score (nSPS) is 30.8. The number of rotatable bonds is 4. The first-order valence-electron chi connectivity index (χ1n) is 8.35. The number of ether oxygens (including phenoxy) is 2. The van der Waals surface area contributed by atoms with Crippen LogP contribution < -0.4 is 10.4 Å². The Morgan fingerprint density at radius 2 is 1.52 bits per heavy atom. The fraction of sp³-hybridized carbons (Fsp3) is 0.316. The molecule has 0 saturated carbocycles. The van der Waals surface area contributed by atoms with Gasteiger partial charge in [-0.25, -0.2) is 5.43 Å². The lowest BCUT2D eigenvalue weighted by Crippen LogP contribution is -2.50. The van der Waals surface area contributed by atoms with Crippen LogP contribution in [0.5, 0.6) is 0 Å². The van der Waals surface area contributed by atoms with Crippen molar-refractivity contribution in [2.75, 3.05) is 5.01 Å². The van der Waals surface area contributed by atoms with Crippen LogP contribution in [0.15, 0.2) is 60.7 Å². The molecule has 0 unspecified atom stereocenters. The smallest absolute Gasteiger partial charge is 0.328 e. The molecular weight excluding hydrogens is 320 g/mol. The number of carbonyl (C=O) groups excluding carboxylic acids is 1. The summed E-state index contributed by atoms with van der Waals surface area (Å²) in [4.78, 5) is 12.3. The van der Waals surface area contributed by atoms with Crippen molar-refractivity contribution in [1.29, 1.82) is 0 Å². The average Bonchev–Trinajstić information content (AvgIpc) is 3.09. The van der Waals surface area contributed by atoms with Crippen molar-refractivity contribution in [1.82, 2.24) is 5.43 Å². The van der Waals surface area contributed by atoms with Gasteiger partial charge in [-0.15, -0.1) is 0 Å². The van der Waals surface area contributed by atoms with E-state index in [0.717, 1.165) is 11.4 Å². The van der Waals surface area contributed by atoms with Gasteiger partial charge in [-0.3, -0.25) is 9.80 Å². The van der Waals surface area contributed by atoms with Gasteiger partial charge in [-0.2, -0.15) is 0 Å². The minimum Gasteiger partial charge on any atom is -0.455 e. The van der Waals surface area contributed by atoms with E-state index in [-0.39, 0.29) is 6.10 Å². The number of nitrogens with one attached hydrogen (secondary N) is 1. The highest BCUT2D eigenvalue weighted by atomic mass is 16.6. The molecule has 2 heterocycles. The summed E-state index contributed by atoms with van der Waals surface area (Å²) in [5.41, 5.74) is 5.00. The third-order valence-electron chi connectivity index (χ3n) is 4.64. The van der Waals surface area contributed by atoms with Gasteiger partial charge in [0.05, 0.1) is 17.5 Å². The Labute approximate surface area is 145 Å². The molecule has 2 saturated heterocycles. The van der Waals surface area contributed by atoms with Crippen LogP contribution in [0.2, 0.25) is 0 Å². The second kappa shape index (κ2) is 6.48. The molecule has 2 aromatic rings. The maximum absolute atomic E-state index is 12.3. The Bertz CT molecular complexity index is 700. The number of aliphatic hydroxyl groups is 1. The summed E-state index contributed by atoms with van der Waals surface area (Å²) >= 11 is 0. The van der Waals surface area contributed by atoms with Gasteiger partial charge in [-0.05, 0) is 31.2 Å². The standard InChI is InChI=1S/C19H20N2O4/c1-12-16(22)18-17(24-12)15(19(23)25-18)20-21(13-8-4-2-5-9-13)14-10-6-3-7-11-14/h2-12,15-18,20,22H,1H3/t12-,15-,16+,17-,18-/m0/s1. The van der Waals surface area contributed by atoms with Gasteiger partial charge in [0.1, 0.15) is 12.2 Å². The zero-order valence-corrected chi connectivity index (χ0v) is 13.8. The molecule has 5 atom stereocenters. The zero-order chi connectivity index (χ0) is 17.4. The van der Waals surface area contributed by atoms with Crippen LogP contribution in [0, 0.1) is 0 Å². The highest BCUT2D eigenvalue weighted by Gasteiger charge is 2.56. The third-order valence-corrected chi connectivity index (χ3v) is 4.64. The molecule has 2 aliphatic heterocycles. The third kappa shape index (κ3) is 2.89. The van der Waals surface area contributed by atoms with Crippen LogP contribution in [-0.2, 0) is 14.3 Å². The Hall–Kier alpha value is -2.41. The molecule has 130 valence electrons. The first-order valence-corrected chi connectivity index (χ1v) is 8.35. The number of carbonyl (C=O) groups is 1. The quantitative estimate of drug-likeness (QED) is 0.653. The lowest BCUT2D eigenvalue weighted by molar-refractivity contribution is -0.147. The SMILES string of the molecule is C[C@@H]1O[C@@H]2[C@@H](OC(=O)[C@H]2NN(c2ccccc2)c2ccccc2)[C@@H]1O. The summed E-state index contributed by atoms with van der Waals surface area (Å²) in [6.07, 6.45) is -2.32. The molecule has 6 heteroatoms. The first kappa shape index (κ1) is 16.1. The Morgan fingerprint density at radius 3 is 2.08 bits per heavy atom. The predicted molar refractivity (Wildman–Crippen MR) is 92.2 cm³/mol. The van der Waals surface area contributed by atoms with Crippen molar-refractivity contribution >= 4 is 17.3 Å². The van der Waals surface area contributed by atoms with Gasteiger partial charge >= 0.3 is 5.97 Å². The fourth-order valence-corrected chi connectivity index (χ4v) is 3.33. The van der Waals surface area contributed by atoms with Crippen LogP contribution in [0.1, 0.15) is 6.92 Å². The van der Waals surface area contributed by atoms with Crippen LogP contribution in [0.3, 0.4) is 0 Å². The van der Waals surface area contributed by atoms with Crippen molar-refractivity contribution in [3.8, 4) is 0 Å². The molecule has 0 spiro atoms. The summed E-state index contributed by atoms with van der Waals surface area (Å²) in [6.45, 7) is 1.78. The second-order valence-electron chi connectivity index (χ2n) is 6.31. The van der Waals surface area contributed by atoms with Crippen molar-refractivity contribution in [2.24, 2.45) is 0 Å². The summed E-state index contributed by atoms with van der Waals surface area (Å²) < 4.78 is 11.1. The highest BCUT2D eigenvalue weighted by Crippen LogP contribution is 2.33. The molecule has 0 amide bonds. The summed E-state index contributed by atoms with van der Waals surface area (Å²) in [5, 5.41) is 12.0. The maximum Gasteiger partial charge on any atom is 0.328 e. The fourth-order valence-electron chi connectivity index (χ4n) is 3.33. The summed E-state index contributed by atoms with van der Waals surface area (Å²) in [6, 6.07) is 18.7. The Kier molecular flexibility index (Phi) is 4.17. The van der Waals surface area contributed by atoms with Gasteiger partial charge in [0.25, 0.3) is 0 Å². The maximum atomic E-state index is 12.3. The molecule has 2 N–H and O–H groups in total. The number of hydrogen-bond donors (Lipinski definition) is 2. The monoisotopic (exact) mass is 340 g/mol. The molecule has 0 bridgehead atoms. The molecule has 25 heavy (non-hydrogen) atoms. The zero-order valence-electron chi connectivity index (χ0n) is 13.8. The lowest BCUT2D eigenvalue weighted by atomic mass is 10.1. The number of aliphatic hydroxyl groups excluding tert-OH is 1. The van der Waals surface area contributed by atoms with Crippen molar-refractivity contribution < 1.29 is 19.4 Å². The van der Waals surface area contributed by atoms with Gasteiger partial charge in [0, 0.05) is 0 Å². The highest BCUT2D eigenvalue weighted by molar-refractivity contribution is 5.80. The minimum absolute atomic E-state index is 0.366. The lowest BCUT2D eigenvalue weighted by Gasteiger charge is -2.29. The van der Waals surface area contributed by atoms with E-state index in [1.165, 1.54) is 0 Å². The van der Waals surface area contributed by atoms with Crippen molar-refractivity contribution in [2.45, 2.75) is 37.4 Å². The summed E-state index contributed by atoms with van der Waals surface area (Å²) in [7, 11) is 0. The minimum atomic E-state index is -0.803. The Morgan fingerprint density at radius 1 is 0.960 bits per heavy atom. The molecular formula is C19H20N2O4. The van der Waals surface area contributed by atoms with Gasteiger partial charge < -0.3 is 14.6 Å². The molecule has 0 radical (unpaired) electrons. The number of esters is 1. The van der Waals surface area contributed by atoms with Crippen LogP contribution in [-0.4, -0.2) is 41.5 Å². The van der Waals surface area contributed by atoms with E-state index in [1.807, 2.05) is 65.7 Å². The van der Waals surface area contributed by atoms with Gasteiger partial charge in [0.15, 0.2) is 12.1 Å². The number of nitrogens with zero attached hydrogens (tertiary/aromatic N) is 1. The average molecular weight is 340 g/mol. The molecule has 2 fully saturated rings. The van der Waals surface area contributed by atoms with E-state index in [0.29, 0.717) is 0 Å². The number of benzene rings is 2. The number of hydrogen-bond acceptors (Lipinski definition) is 6. The first-order chi connectivity index (χ1) is 12.1. The second-order valence-corrected chi connectivity index (χ2v) is 6.31. The van der Waals surface area contributed by atoms with E-state index in [4.69, 9.17) is 9.47 Å². The van der Waals surface area contributed by atoms with Crippen molar-refractivity contribution in [3.05, 3.63) is 60.7 Å². The van der Waals surface area contributed by atoms with E-state index in [2.05, 4.69) is 5.43 Å². The molecule has 4 rings (SSSR count). The number of anilines is 2. The van der Waals surface area contributed by atoms with E-state index >= 15 is 0 Å². The topological polar surface area (TPSA) is 71.0 Å². The summed E-state index contributed by atoms with van der Waals surface area (Å²) in [5.74, 6) is -0.419. The number of fused-ring (bicyclic) bond motifs is 1. The number of hydrazine groups is 1. The largest absolute Gasteiger partial charge is 0.455 e. The van der Waals surface area contributed by atoms with Crippen LogP contribution in [0.25, 0.3) is 0 Å². The molecule has 0 aromatic heterocycles. The molecule has 0 aliphatic carbocycles. The number of para-hydroxylation sites is 2. The van der Waals surface area contributed by atoms with Gasteiger partial charge in [0.2, 0.25) is 0 Å². The van der Waals surface area contributed by atoms with E-state index in [9.17, 15) is 9.90 Å². The van der Waals surface area contributed by atoms with Crippen molar-refractivity contribution in [3.63, 3.8) is 0 Å². The van der Waals surface area contributed by atoms with Gasteiger partial charge in [-0.1, -0.05) is 36.4 Å². The van der Waals surface area contributed by atoms with Crippen LogP contribution in [0.4, 0.5) is 11.4 Å². The molecule has 2 aliphatic rings. The van der Waals surface area contributed by atoms with E-state index in [1.54, 1.807) is 6.92 Å². The van der Waals surface area contributed by atoms with Crippen LogP contribution >= 0.6 is 0 Å².